The van der Waals surface area contributed by atoms with E-state index in [0.717, 1.165) is 51.8 Å². The van der Waals surface area contributed by atoms with Crippen LogP contribution in [0.2, 0.25) is 0 Å². The van der Waals surface area contributed by atoms with E-state index in [-0.39, 0.29) is 5.91 Å². The van der Waals surface area contributed by atoms with Gasteiger partial charge < -0.3 is 15.2 Å². The van der Waals surface area contributed by atoms with Gasteiger partial charge in [0.2, 0.25) is 0 Å². The van der Waals surface area contributed by atoms with Gasteiger partial charge in [-0.3, -0.25) is 4.79 Å². The predicted molar refractivity (Wildman–Crippen MR) is 124 cm³/mol. The van der Waals surface area contributed by atoms with Crippen molar-refractivity contribution < 1.29 is 4.79 Å². The Kier molecular flexibility index (Phi) is 5.50. The molecule has 5 rings (SSSR count). The Balaban J connectivity index is 1.33. The smallest absolute Gasteiger partial charge is 0.267 e. The molecule has 0 aliphatic carbocycles. The van der Waals surface area contributed by atoms with E-state index in [1.165, 1.54) is 12.8 Å². The second-order valence-corrected chi connectivity index (χ2v) is 8.82. The van der Waals surface area contributed by atoms with Crippen molar-refractivity contribution in [3.05, 3.63) is 42.2 Å². The number of aromatic amines is 1. The average Bonchev–Trinajstić information content (AvgIpc) is 3.53. The molecule has 31 heavy (non-hydrogen) atoms. The fourth-order valence-electron chi connectivity index (χ4n) is 4.01. The molecule has 0 bridgehead atoms. The van der Waals surface area contributed by atoms with Gasteiger partial charge >= 0.3 is 0 Å². The molecule has 1 aromatic carbocycles. The zero-order valence-electron chi connectivity index (χ0n) is 17.5. The van der Waals surface area contributed by atoms with Gasteiger partial charge in [-0.15, -0.1) is 0 Å². The number of thioether (sulfide) groups is 1. The van der Waals surface area contributed by atoms with E-state index in [2.05, 4.69) is 27.2 Å². The molecule has 0 saturated carbocycles. The van der Waals surface area contributed by atoms with Crippen molar-refractivity contribution in [1.82, 2.24) is 30.0 Å². The van der Waals surface area contributed by atoms with Gasteiger partial charge in [0.05, 0.1) is 18.1 Å². The van der Waals surface area contributed by atoms with Gasteiger partial charge in [0.15, 0.2) is 10.8 Å². The molecule has 1 fully saturated rings. The van der Waals surface area contributed by atoms with E-state index < -0.39 is 0 Å². The van der Waals surface area contributed by atoms with Crippen LogP contribution in [0.4, 0.5) is 5.82 Å². The molecule has 1 aliphatic rings. The number of benzene rings is 1. The summed E-state index contributed by atoms with van der Waals surface area (Å²) < 4.78 is 1.86. The number of anilines is 1. The average molecular weight is 436 g/mol. The Morgan fingerprint density at radius 2 is 2.06 bits per heavy atom. The summed E-state index contributed by atoms with van der Waals surface area (Å²) in [6, 6.07) is 9.74. The molecule has 0 atom stereocenters. The second-order valence-electron chi connectivity index (χ2n) is 7.59. The summed E-state index contributed by atoms with van der Waals surface area (Å²) in [5, 5.41) is 10.3. The van der Waals surface area contributed by atoms with Crippen molar-refractivity contribution >= 4 is 45.4 Å². The lowest BCUT2D eigenvalue weighted by molar-refractivity contribution is 0.0948. The number of fused-ring (bicyclic) bond motifs is 2. The quantitative estimate of drug-likeness (QED) is 0.341. The number of carbonyl (C=O) groups excluding carboxylic acids is 1. The minimum Gasteiger partial charge on any atom is -0.356 e. The molecule has 3 aromatic heterocycles. The molecule has 1 aliphatic heterocycles. The summed E-state index contributed by atoms with van der Waals surface area (Å²) >= 11 is 1.64. The molecule has 4 heterocycles. The van der Waals surface area contributed by atoms with Crippen molar-refractivity contribution in [2.45, 2.75) is 31.5 Å². The number of amides is 1. The number of nitrogens with zero attached hydrogens (tertiary/aromatic N) is 5. The van der Waals surface area contributed by atoms with Crippen LogP contribution in [0.15, 0.2) is 41.7 Å². The first kappa shape index (κ1) is 19.9. The number of hydrogen-bond acceptors (Lipinski definition) is 6. The highest BCUT2D eigenvalue weighted by molar-refractivity contribution is 7.99. The highest BCUT2D eigenvalue weighted by atomic mass is 32.2. The molecule has 0 unspecified atom stereocenters. The molecule has 0 radical (unpaired) electrons. The summed E-state index contributed by atoms with van der Waals surface area (Å²) in [7, 11) is 0. The fourth-order valence-corrected chi connectivity index (χ4v) is 4.57. The van der Waals surface area contributed by atoms with Gasteiger partial charge in [-0.25, -0.2) is 14.6 Å². The third-order valence-electron chi connectivity index (χ3n) is 5.52. The minimum atomic E-state index is -0.123. The van der Waals surface area contributed by atoms with Crippen molar-refractivity contribution in [1.29, 1.82) is 0 Å². The number of rotatable bonds is 7. The van der Waals surface area contributed by atoms with Gasteiger partial charge in [-0.05, 0) is 30.7 Å². The first-order valence-corrected chi connectivity index (χ1v) is 11.7. The molecule has 2 N–H and O–H groups in total. The van der Waals surface area contributed by atoms with Gasteiger partial charge in [0, 0.05) is 30.5 Å². The predicted octanol–water partition coefficient (Wildman–Crippen LogP) is 3.45. The third kappa shape index (κ3) is 3.97. The molecule has 160 valence electrons. The van der Waals surface area contributed by atoms with Gasteiger partial charge in [-0.2, -0.15) is 5.10 Å². The van der Waals surface area contributed by atoms with Crippen LogP contribution in [-0.2, 0) is 6.54 Å². The Bertz CT molecular complexity index is 1190. The zero-order chi connectivity index (χ0) is 21.2. The number of nitrogens with one attached hydrogen (secondary N) is 2. The second kappa shape index (κ2) is 8.58. The lowest BCUT2D eigenvalue weighted by Gasteiger charge is -2.17. The number of hydrogen-bond donors (Lipinski definition) is 2. The first-order chi connectivity index (χ1) is 15.2. The van der Waals surface area contributed by atoms with Crippen LogP contribution in [0, 0.1) is 0 Å². The van der Waals surface area contributed by atoms with Crippen molar-refractivity contribution in [2.75, 3.05) is 30.3 Å². The van der Waals surface area contributed by atoms with Crippen LogP contribution in [0.5, 0.6) is 0 Å². The van der Waals surface area contributed by atoms with E-state index in [1.807, 2.05) is 41.2 Å². The highest BCUT2D eigenvalue weighted by Gasteiger charge is 2.20. The summed E-state index contributed by atoms with van der Waals surface area (Å²) in [4.78, 5) is 27.6. The fraction of sp³-hybridized carbons (Fsp3) is 0.364. The maximum Gasteiger partial charge on any atom is 0.267 e. The molecule has 0 spiro atoms. The van der Waals surface area contributed by atoms with E-state index in [4.69, 9.17) is 9.97 Å². The van der Waals surface area contributed by atoms with E-state index >= 15 is 0 Å². The normalized spacial score (nSPS) is 14.0. The Morgan fingerprint density at radius 3 is 2.87 bits per heavy atom. The molecule has 8 nitrogen and oxygen atoms in total. The van der Waals surface area contributed by atoms with Crippen LogP contribution >= 0.6 is 11.8 Å². The largest absolute Gasteiger partial charge is 0.356 e. The molecule has 4 aromatic rings. The van der Waals surface area contributed by atoms with Crippen molar-refractivity contribution in [3.8, 4) is 0 Å². The van der Waals surface area contributed by atoms with E-state index in [9.17, 15) is 4.79 Å². The van der Waals surface area contributed by atoms with Crippen LogP contribution in [0.3, 0.4) is 0 Å². The topological polar surface area (TPSA) is 91.7 Å². The molecule has 1 amide bonds. The van der Waals surface area contributed by atoms with Crippen molar-refractivity contribution in [2.24, 2.45) is 0 Å². The lowest BCUT2D eigenvalue weighted by atomic mass is 10.2. The zero-order valence-corrected chi connectivity index (χ0v) is 18.3. The van der Waals surface area contributed by atoms with Crippen LogP contribution < -0.4 is 10.2 Å². The maximum absolute atomic E-state index is 12.6. The minimum absolute atomic E-state index is 0.123. The maximum atomic E-state index is 12.6. The van der Waals surface area contributed by atoms with Gasteiger partial charge in [0.25, 0.3) is 5.91 Å². The Labute approximate surface area is 184 Å². The SMILES string of the molecule is CCSc1nc(N2CCCC2)c2cnn(CCNC(=O)c3cc4ccccc4[nH]3)c2n1. The lowest BCUT2D eigenvalue weighted by Crippen LogP contribution is -2.27. The Morgan fingerprint density at radius 1 is 1.23 bits per heavy atom. The van der Waals surface area contributed by atoms with Crippen LogP contribution in [0.1, 0.15) is 30.3 Å². The molecule has 9 heteroatoms. The van der Waals surface area contributed by atoms with Gasteiger partial charge in [0.1, 0.15) is 11.5 Å². The summed E-state index contributed by atoms with van der Waals surface area (Å²) in [5.74, 6) is 1.77. The van der Waals surface area contributed by atoms with Crippen LogP contribution in [0.25, 0.3) is 21.9 Å². The molecular formula is C22H25N7OS. The van der Waals surface area contributed by atoms with Gasteiger partial charge in [-0.1, -0.05) is 36.9 Å². The number of para-hydroxylation sites is 1. The summed E-state index contributed by atoms with van der Waals surface area (Å²) in [6.07, 6.45) is 4.23. The monoisotopic (exact) mass is 435 g/mol. The number of aromatic nitrogens is 5. The van der Waals surface area contributed by atoms with E-state index in [1.54, 1.807) is 11.8 Å². The van der Waals surface area contributed by atoms with Crippen LogP contribution in [-0.4, -0.2) is 56.0 Å². The molecule has 1 saturated heterocycles. The summed E-state index contributed by atoms with van der Waals surface area (Å²) in [5.41, 5.74) is 2.34. The highest BCUT2D eigenvalue weighted by Crippen LogP contribution is 2.29. The first-order valence-electron chi connectivity index (χ1n) is 10.7. The van der Waals surface area contributed by atoms with Crippen molar-refractivity contribution in [3.63, 3.8) is 0 Å². The number of H-pyrrole nitrogens is 1. The number of carbonyl (C=O) groups is 1. The third-order valence-corrected chi connectivity index (χ3v) is 6.25. The molecular weight excluding hydrogens is 410 g/mol. The summed E-state index contributed by atoms with van der Waals surface area (Å²) in [6.45, 7) is 5.15. The Hall–Kier alpha value is -3.07. The van der Waals surface area contributed by atoms with E-state index in [0.29, 0.717) is 18.8 Å². The standard InChI is InChI=1S/C22H25N7OS/c1-2-31-22-26-19(28-10-5-6-11-28)16-14-24-29(20(16)27-22)12-9-23-21(30)18-13-15-7-3-4-8-17(15)25-18/h3-4,7-8,13-14,25H,2,5-6,9-12H2,1H3,(H,23,30).